The molecule has 1 N–H and O–H groups in total. The van der Waals surface area contributed by atoms with E-state index in [0.29, 0.717) is 0 Å². The molecule has 1 saturated heterocycles. The maximum absolute atomic E-state index is 3.86. The predicted molar refractivity (Wildman–Crippen MR) is 86.0 cm³/mol. The lowest BCUT2D eigenvalue weighted by atomic mass is 9.82. The molecular formula is C18H34N2. The highest BCUT2D eigenvalue weighted by Crippen LogP contribution is 2.35. The summed E-state index contributed by atoms with van der Waals surface area (Å²) in [6.07, 6.45) is 14.6. The Labute approximate surface area is 125 Å². The highest BCUT2D eigenvalue weighted by Gasteiger charge is 2.34. The van der Waals surface area contributed by atoms with Gasteiger partial charge in [0, 0.05) is 25.2 Å². The molecule has 0 aromatic carbocycles. The molecular weight excluding hydrogens is 244 g/mol. The van der Waals surface area contributed by atoms with E-state index in [2.05, 4.69) is 17.1 Å². The molecule has 3 fully saturated rings. The zero-order valence-corrected chi connectivity index (χ0v) is 13.4. The summed E-state index contributed by atoms with van der Waals surface area (Å²) in [4.78, 5) is 2.89. The van der Waals surface area contributed by atoms with Crippen LogP contribution in [0.2, 0.25) is 0 Å². The van der Waals surface area contributed by atoms with Gasteiger partial charge in [-0.1, -0.05) is 45.4 Å². The minimum absolute atomic E-state index is 0.763. The van der Waals surface area contributed by atoms with Crippen LogP contribution < -0.4 is 5.32 Å². The molecule has 1 aliphatic heterocycles. The molecule has 2 saturated carbocycles. The number of rotatable bonds is 6. The molecule has 0 bridgehead atoms. The maximum atomic E-state index is 3.86. The second-order valence-corrected chi connectivity index (χ2v) is 7.59. The zero-order chi connectivity index (χ0) is 13.8. The molecule has 0 spiro atoms. The molecule has 0 aromatic rings. The van der Waals surface area contributed by atoms with E-state index in [0.717, 1.165) is 23.9 Å². The van der Waals surface area contributed by atoms with Crippen LogP contribution in [0.1, 0.15) is 71.1 Å². The Morgan fingerprint density at radius 3 is 2.50 bits per heavy atom. The Bertz CT molecular complexity index is 281. The van der Waals surface area contributed by atoms with Gasteiger partial charge in [0.1, 0.15) is 0 Å². The second-order valence-electron chi connectivity index (χ2n) is 7.59. The van der Waals surface area contributed by atoms with Crippen LogP contribution in [0.3, 0.4) is 0 Å². The Morgan fingerprint density at radius 2 is 1.80 bits per heavy atom. The molecule has 0 radical (unpaired) electrons. The molecule has 1 heterocycles. The molecule has 3 rings (SSSR count). The quantitative estimate of drug-likeness (QED) is 0.795. The SMILES string of the molecule is CCCC1CN(CCC2CC2)C(C2CCCCC2)CN1. The van der Waals surface area contributed by atoms with Gasteiger partial charge in [0.2, 0.25) is 0 Å². The van der Waals surface area contributed by atoms with Gasteiger partial charge < -0.3 is 5.32 Å². The van der Waals surface area contributed by atoms with Crippen LogP contribution in [0.4, 0.5) is 0 Å². The first-order chi connectivity index (χ1) is 9.86. The van der Waals surface area contributed by atoms with Crippen molar-refractivity contribution in [3.05, 3.63) is 0 Å². The third kappa shape index (κ3) is 3.98. The van der Waals surface area contributed by atoms with E-state index < -0.39 is 0 Å². The van der Waals surface area contributed by atoms with Crippen molar-refractivity contribution in [3.8, 4) is 0 Å². The number of hydrogen-bond donors (Lipinski definition) is 1. The zero-order valence-electron chi connectivity index (χ0n) is 13.4. The van der Waals surface area contributed by atoms with Crippen molar-refractivity contribution in [1.29, 1.82) is 0 Å². The van der Waals surface area contributed by atoms with Crippen LogP contribution in [0.15, 0.2) is 0 Å². The molecule has 2 unspecified atom stereocenters. The van der Waals surface area contributed by atoms with Crippen molar-refractivity contribution in [2.24, 2.45) is 11.8 Å². The van der Waals surface area contributed by atoms with Gasteiger partial charge in [-0.2, -0.15) is 0 Å². The minimum Gasteiger partial charge on any atom is -0.311 e. The molecule has 2 nitrogen and oxygen atoms in total. The first-order valence-electron chi connectivity index (χ1n) is 9.34. The standard InChI is InChI=1S/C18H34N2/c1-2-6-17-14-20(12-11-15-9-10-15)18(13-19-17)16-7-4-3-5-8-16/h15-19H,2-14H2,1H3. The molecule has 116 valence electrons. The van der Waals surface area contributed by atoms with Crippen molar-refractivity contribution in [2.45, 2.75) is 83.2 Å². The van der Waals surface area contributed by atoms with E-state index in [-0.39, 0.29) is 0 Å². The smallest absolute Gasteiger partial charge is 0.0249 e. The van der Waals surface area contributed by atoms with Crippen LogP contribution in [0.25, 0.3) is 0 Å². The fourth-order valence-corrected chi connectivity index (χ4v) is 4.44. The highest BCUT2D eigenvalue weighted by atomic mass is 15.2. The van der Waals surface area contributed by atoms with Crippen LogP contribution >= 0.6 is 0 Å². The summed E-state index contributed by atoms with van der Waals surface area (Å²) >= 11 is 0. The average Bonchev–Trinajstić information content (AvgIpc) is 3.31. The molecule has 3 aliphatic rings. The largest absolute Gasteiger partial charge is 0.311 e. The van der Waals surface area contributed by atoms with Gasteiger partial charge in [-0.05, 0) is 44.1 Å². The van der Waals surface area contributed by atoms with Crippen molar-refractivity contribution < 1.29 is 0 Å². The van der Waals surface area contributed by atoms with Gasteiger partial charge in [0.15, 0.2) is 0 Å². The van der Waals surface area contributed by atoms with Gasteiger partial charge in [-0.15, -0.1) is 0 Å². The average molecular weight is 278 g/mol. The summed E-state index contributed by atoms with van der Waals surface area (Å²) < 4.78 is 0. The van der Waals surface area contributed by atoms with E-state index in [1.165, 1.54) is 83.8 Å². The van der Waals surface area contributed by atoms with Crippen LogP contribution in [-0.2, 0) is 0 Å². The number of nitrogens with zero attached hydrogens (tertiary/aromatic N) is 1. The normalized spacial score (nSPS) is 33.5. The van der Waals surface area contributed by atoms with E-state index in [1.807, 2.05) is 0 Å². The summed E-state index contributed by atoms with van der Waals surface area (Å²) in [6, 6.07) is 1.61. The number of hydrogen-bond acceptors (Lipinski definition) is 2. The third-order valence-corrected chi connectivity index (χ3v) is 5.89. The fourth-order valence-electron chi connectivity index (χ4n) is 4.44. The van der Waals surface area contributed by atoms with E-state index in [9.17, 15) is 0 Å². The number of piperazine rings is 1. The first kappa shape index (κ1) is 14.8. The molecule has 2 aliphatic carbocycles. The number of nitrogens with one attached hydrogen (secondary N) is 1. The van der Waals surface area contributed by atoms with Crippen LogP contribution in [-0.4, -0.2) is 36.6 Å². The Morgan fingerprint density at radius 1 is 1.00 bits per heavy atom. The molecule has 2 atom stereocenters. The summed E-state index contributed by atoms with van der Waals surface area (Å²) in [5, 5.41) is 3.86. The fraction of sp³-hybridized carbons (Fsp3) is 1.00. The van der Waals surface area contributed by atoms with E-state index >= 15 is 0 Å². The van der Waals surface area contributed by atoms with Crippen LogP contribution in [0, 0.1) is 11.8 Å². The van der Waals surface area contributed by atoms with Gasteiger partial charge in [-0.3, -0.25) is 4.90 Å². The molecule has 20 heavy (non-hydrogen) atoms. The molecule has 0 amide bonds. The Balaban J connectivity index is 1.56. The van der Waals surface area contributed by atoms with Crippen molar-refractivity contribution in [1.82, 2.24) is 10.2 Å². The summed E-state index contributed by atoms with van der Waals surface area (Å²) in [5.41, 5.74) is 0. The predicted octanol–water partition coefficient (Wildman–Crippen LogP) is 3.81. The van der Waals surface area contributed by atoms with Gasteiger partial charge in [-0.25, -0.2) is 0 Å². The summed E-state index contributed by atoms with van der Waals surface area (Å²) in [7, 11) is 0. The summed E-state index contributed by atoms with van der Waals surface area (Å²) in [5.74, 6) is 2.07. The van der Waals surface area contributed by atoms with Crippen molar-refractivity contribution in [3.63, 3.8) is 0 Å². The Hall–Kier alpha value is -0.0800. The first-order valence-corrected chi connectivity index (χ1v) is 9.34. The molecule has 2 heteroatoms. The monoisotopic (exact) mass is 278 g/mol. The van der Waals surface area contributed by atoms with E-state index in [1.54, 1.807) is 0 Å². The third-order valence-electron chi connectivity index (χ3n) is 5.89. The summed E-state index contributed by atoms with van der Waals surface area (Å²) in [6.45, 7) is 6.29. The van der Waals surface area contributed by atoms with Crippen LogP contribution in [0.5, 0.6) is 0 Å². The molecule has 0 aromatic heterocycles. The van der Waals surface area contributed by atoms with Crippen molar-refractivity contribution in [2.75, 3.05) is 19.6 Å². The lowest BCUT2D eigenvalue weighted by molar-refractivity contribution is 0.0675. The lowest BCUT2D eigenvalue weighted by Gasteiger charge is -2.45. The van der Waals surface area contributed by atoms with E-state index in [4.69, 9.17) is 0 Å². The van der Waals surface area contributed by atoms with Gasteiger partial charge in [0.25, 0.3) is 0 Å². The topological polar surface area (TPSA) is 15.3 Å². The lowest BCUT2D eigenvalue weighted by Crippen LogP contribution is -2.59. The maximum Gasteiger partial charge on any atom is 0.0249 e. The second kappa shape index (κ2) is 7.26. The highest BCUT2D eigenvalue weighted by molar-refractivity contribution is 4.91. The van der Waals surface area contributed by atoms with Gasteiger partial charge >= 0.3 is 0 Å². The minimum atomic E-state index is 0.763. The Kier molecular flexibility index (Phi) is 5.39. The van der Waals surface area contributed by atoms with Gasteiger partial charge in [0.05, 0.1) is 0 Å². The van der Waals surface area contributed by atoms with Crippen molar-refractivity contribution >= 4 is 0 Å².